The lowest BCUT2D eigenvalue weighted by Crippen LogP contribution is -2.16. The lowest BCUT2D eigenvalue weighted by molar-refractivity contribution is 0.123. The number of hydrogen-bond donors (Lipinski definition) is 1. The smallest absolute Gasteiger partial charge is 0.146 e. The number of rotatable bonds is 4. The van der Waals surface area contributed by atoms with E-state index in [1.165, 1.54) is 0 Å². The Balaban J connectivity index is 2.23. The van der Waals surface area contributed by atoms with Gasteiger partial charge in [0.1, 0.15) is 11.6 Å². The van der Waals surface area contributed by atoms with Crippen LogP contribution in [0.25, 0.3) is 0 Å². The molecule has 0 saturated carbocycles. The maximum absolute atomic E-state index is 5.71. The van der Waals surface area contributed by atoms with Gasteiger partial charge in [0.15, 0.2) is 0 Å². The summed E-state index contributed by atoms with van der Waals surface area (Å²) in [6.45, 7) is 8.62. The molecule has 96 valence electrons. The third-order valence-electron chi connectivity index (χ3n) is 3.15. The van der Waals surface area contributed by atoms with E-state index in [9.17, 15) is 0 Å². The molecule has 0 aromatic carbocycles. The zero-order chi connectivity index (χ0) is 12.4. The Morgan fingerprint density at radius 1 is 1.47 bits per heavy atom. The molecule has 0 aliphatic carbocycles. The van der Waals surface area contributed by atoms with E-state index in [0.29, 0.717) is 24.5 Å². The molecule has 0 amide bonds. The molecule has 2 heterocycles. The fourth-order valence-corrected chi connectivity index (χ4v) is 2.36. The van der Waals surface area contributed by atoms with Crippen LogP contribution < -0.4 is 5.73 Å². The molecule has 17 heavy (non-hydrogen) atoms. The van der Waals surface area contributed by atoms with Crippen molar-refractivity contribution in [3.63, 3.8) is 0 Å². The molecule has 1 aliphatic rings. The Labute approximate surface area is 102 Å². The van der Waals surface area contributed by atoms with Gasteiger partial charge in [-0.15, -0.1) is 10.2 Å². The summed E-state index contributed by atoms with van der Waals surface area (Å²) >= 11 is 0. The highest BCUT2D eigenvalue weighted by atomic mass is 16.5. The molecule has 1 aliphatic heterocycles. The van der Waals surface area contributed by atoms with E-state index in [-0.39, 0.29) is 0 Å². The summed E-state index contributed by atoms with van der Waals surface area (Å²) in [7, 11) is 0. The lowest BCUT2D eigenvalue weighted by Gasteiger charge is -2.14. The number of ether oxygens (including phenoxy) is 1. The standard InChI is InChI=1S/C12H22N4O/c1-8(2)6-16-11(5-13)14-15-12(16)10-4-9(3)17-7-10/h8-10H,4-7,13H2,1-3H3. The van der Waals surface area contributed by atoms with Gasteiger partial charge in [0.25, 0.3) is 0 Å². The minimum Gasteiger partial charge on any atom is -0.378 e. The molecule has 2 atom stereocenters. The molecule has 2 rings (SSSR count). The van der Waals surface area contributed by atoms with Crippen molar-refractivity contribution >= 4 is 0 Å². The SMILES string of the molecule is CC(C)Cn1c(CN)nnc1C1COC(C)C1. The van der Waals surface area contributed by atoms with Crippen molar-refractivity contribution in [3.05, 3.63) is 11.6 Å². The average molecular weight is 238 g/mol. The van der Waals surface area contributed by atoms with Crippen LogP contribution in [0.2, 0.25) is 0 Å². The van der Waals surface area contributed by atoms with E-state index >= 15 is 0 Å². The second-order valence-electron chi connectivity index (χ2n) is 5.26. The van der Waals surface area contributed by atoms with Crippen molar-refractivity contribution in [2.45, 2.75) is 52.3 Å². The summed E-state index contributed by atoms with van der Waals surface area (Å²) in [6.07, 6.45) is 1.35. The summed E-state index contributed by atoms with van der Waals surface area (Å²) in [4.78, 5) is 0. The molecule has 0 bridgehead atoms. The highest BCUT2D eigenvalue weighted by Crippen LogP contribution is 2.28. The molecule has 2 unspecified atom stereocenters. The van der Waals surface area contributed by atoms with Crippen molar-refractivity contribution in [3.8, 4) is 0 Å². The number of nitrogens with two attached hydrogens (primary N) is 1. The Morgan fingerprint density at radius 3 is 2.76 bits per heavy atom. The highest BCUT2D eigenvalue weighted by molar-refractivity contribution is 5.04. The zero-order valence-electron chi connectivity index (χ0n) is 10.9. The van der Waals surface area contributed by atoms with Gasteiger partial charge in [-0.3, -0.25) is 0 Å². The number of hydrogen-bond acceptors (Lipinski definition) is 4. The molecular weight excluding hydrogens is 216 g/mol. The Morgan fingerprint density at radius 2 is 2.24 bits per heavy atom. The average Bonchev–Trinajstić information content (AvgIpc) is 2.84. The second kappa shape index (κ2) is 5.14. The number of nitrogens with zero attached hydrogens (tertiary/aromatic N) is 3. The van der Waals surface area contributed by atoms with Crippen LogP contribution in [0, 0.1) is 5.92 Å². The van der Waals surface area contributed by atoms with Crippen LogP contribution in [0.5, 0.6) is 0 Å². The highest BCUT2D eigenvalue weighted by Gasteiger charge is 2.28. The first-order valence-electron chi connectivity index (χ1n) is 6.35. The molecule has 1 fully saturated rings. The van der Waals surface area contributed by atoms with Crippen molar-refractivity contribution in [1.29, 1.82) is 0 Å². The Hall–Kier alpha value is -0.940. The van der Waals surface area contributed by atoms with Crippen LogP contribution in [0.15, 0.2) is 0 Å². The molecule has 2 N–H and O–H groups in total. The fourth-order valence-electron chi connectivity index (χ4n) is 2.36. The largest absolute Gasteiger partial charge is 0.378 e. The summed E-state index contributed by atoms with van der Waals surface area (Å²) in [5.41, 5.74) is 5.71. The maximum atomic E-state index is 5.71. The summed E-state index contributed by atoms with van der Waals surface area (Å²) in [5.74, 6) is 2.86. The van der Waals surface area contributed by atoms with E-state index in [1.807, 2.05) is 0 Å². The van der Waals surface area contributed by atoms with Gasteiger partial charge in [-0.25, -0.2) is 0 Å². The molecule has 1 aromatic heterocycles. The van der Waals surface area contributed by atoms with Gasteiger partial charge >= 0.3 is 0 Å². The predicted molar refractivity (Wildman–Crippen MR) is 65.5 cm³/mol. The fraction of sp³-hybridized carbons (Fsp3) is 0.833. The van der Waals surface area contributed by atoms with Gasteiger partial charge < -0.3 is 15.0 Å². The van der Waals surface area contributed by atoms with Crippen molar-refractivity contribution in [2.75, 3.05) is 6.61 Å². The van der Waals surface area contributed by atoms with Crippen LogP contribution in [0.3, 0.4) is 0 Å². The zero-order valence-corrected chi connectivity index (χ0v) is 10.9. The quantitative estimate of drug-likeness (QED) is 0.858. The van der Waals surface area contributed by atoms with E-state index in [2.05, 4.69) is 35.5 Å². The maximum Gasteiger partial charge on any atom is 0.146 e. The second-order valence-corrected chi connectivity index (χ2v) is 5.26. The molecule has 5 nitrogen and oxygen atoms in total. The van der Waals surface area contributed by atoms with Gasteiger partial charge in [0.2, 0.25) is 0 Å². The molecule has 0 radical (unpaired) electrons. The van der Waals surface area contributed by atoms with E-state index in [0.717, 1.165) is 31.2 Å². The number of aromatic nitrogens is 3. The molecule has 1 aromatic rings. The van der Waals surface area contributed by atoms with E-state index in [4.69, 9.17) is 10.5 Å². The summed E-state index contributed by atoms with van der Waals surface area (Å²) in [6, 6.07) is 0. The third-order valence-corrected chi connectivity index (χ3v) is 3.15. The minimum atomic E-state index is 0.325. The van der Waals surface area contributed by atoms with Crippen LogP contribution >= 0.6 is 0 Å². The molecule has 0 spiro atoms. The minimum absolute atomic E-state index is 0.325. The first-order chi connectivity index (χ1) is 8.11. The molecule has 1 saturated heterocycles. The first-order valence-corrected chi connectivity index (χ1v) is 6.35. The van der Waals surface area contributed by atoms with Gasteiger partial charge in [-0.2, -0.15) is 0 Å². The lowest BCUT2D eigenvalue weighted by atomic mass is 10.1. The van der Waals surface area contributed by atoms with Crippen molar-refractivity contribution < 1.29 is 4.74 Å². The van der Waals surface area contributed by atoms with Gasteiger partial charge in [-0.05, 0) is 19.3 Å². The monoisotopic (exact) mass is 238 g/mol. The van der Waals surface area contributed by atoms with Gasteiger partial charge in [0, 0.05) is 12.5 Å². The normalized spacial score (nSPS) is 24.8. The van der Waals surface area contributed by atoms with Gasteiger partial charge in [0.05, 0.1) is 19.3 Å². The summed E-state index contributed by atoms with van der Waals surface area (Å²) in [5, 5.41) is 8.50. The van der Waals surface area contributed by atoms with Crippen molar-refractivity contribution in [2.24, 2.45) is 11.7 Å². The Bertz CT molecular complexity index is 375. The van der Waals surface area contributed by atoms with E-state index < -0.39 is 0 Å². The van der Waals surface area contributed by atoms with Crippen LogP contribution in [-0.4, -0.2) is 27.5 Å². The molecule has 5 heteroatoms. The third kappa shape index (κ3) is 2.66. The van der Waals surface area contributed by atoms with E-state index in [1.54, 1.807) is 0 Å². The predicted octanol–water partition coefficient (Wildman–Crippen LogP) is 1.29. The van der Waals surface area contributed by atoms with Crippen LogP contribution in [0.1, 0.15) is 44.8 Å². The van der Waals surface area contributed by atoms with Crippen molar-refractivity contribution in [1.82, 2.24) is 14.8 Å². The van der Waals surface area contributed by atoms with Crippen LogP contribution in [0.4, 0.5) is 0 Å². The van der Waals surface area contributed by atoms with Crippen LogP contribution in [-0.2, 0) is 17.8 Å². The Kier molecular flexibility index (Phi) is 3.79. The molecular formula is C12H22N4O. The van der Waals surface area contributed by atoms with Gasteiger partial charge in [-0.1, -0.05) is 13.8 Å². The summed E-state index contributed by atoms with van der Waals surface area (Å²) < 4.78 is 7.79. The first kappa shape index (κ1) is 12.5. The topological polar surface area (TPSA) is 66.0 Å².